The van der Waals surface area contributed by atoms with Crippen molar-refractivity contribution in [1.82, 2.24) is 5.32 Å². The molecule has 0 aliphatic carbocycles. The lowest BCUT2D eigenvalue weighted by Gasteiger charge is -2.20. The van der Waals surface area contributed by atoms with Gasteiger partial charge in [-0.1, -0.05) is 30.7 Å². The summed E-state index contributed by atoms with van der Waals surface area (Å²) in [4.78, 5) is 1.35. The number of benzene rings is 1. The third-order valence-electron chi connectivity index (χ3n) is 3.09. The fourth-order valence-electron chi connectivity index (χ4n) is 2.14. The lowest BCUT2D eigenvalue weighted by molar-refractivity contribution is 0.636. The van der Waals surface area contributed by atoms with Gasteiger partial charge in [0.05, 0.1) is 6.04 Å². The van der Waals surface area contributed by atoms with E-state index in [4.69, 9.17) is 11.6 Å². The molecule has 0 radical (unpaired) electrons. The van der Waals surface area contributed by atoms with Crippen LogP contribution in [0.4, 0.5) is 0 Å². The quantitative estimate of drug-likeness (QED) is 0.854. The Bertz CT molecular complexity index is 520. The summed E-state index contributed by atoms with van der Waals surface area (Å²) < 4.78 is 0. The minimum Gasteiger partial charge on any atom is -0.306 e. The Morgan fingerprint density at radius 3 is 2.67 bits per heavy atom. The van der Waals surface area contributed by atoms with Crippen LogP contribution < -0.4 is 5.32 Å². The summed E-state index contributed by atoms with van der Waals surface area (Å²) in [7, 11) is 0. The first-order chi connectivity index (χ1) is 8.63. The van der Waals surface area contributed by atoms with Crippen LogP contribution in [0.2, 0.25) is 5.02 Å². The van der Waals surface area contributed by atoms with Crippen molar-refractivity contribution in [3.8, 4) is 0 Å². The Morgan fingerprint density at radius 2 is 2.06 bits per heavy atom. The van der Waals surface area contributed by atoms with Crippen molar-refractivity contribution in [3.05, 3.63) is 56.2 Å². The lowest BCUT2D eigenvalue weighted by atomic mass is 9.97. The molecule has 1 unspecified atom stereocenters. The molecule has 0 aliphatic heterocycles. The standard InChI is InChI=1S/C15H18ClNS/c1-4-17-15(14-6-5-7-18-14)12-8-11(3)13(16)9-10(12)2/h5-9,15,17H,4H2,1-3H3. The maximum Gasteiger partial charge on any atom is 0.0673 e. The third kappa shape index (κ3) is 2.77. The maximum atomic E-state index is 6.17. The Morgan fingerprint density at radius 1 is 1.28 bits per heavy atom. The van der Waals surface area contributed by atoms with Crippen molar-refractivity contribution in [2.75, 3.05) is 6.54 Å². The molecule has 0 fully saturated rings. The van der Waals surface area contributed by atoms with Gasteiger partial charge in [0.1, 0.15) is 0 Å². The van der Waals surface area contributed by atoms with E-state index in [2.05, 4.69) is 55.7 Å². The molecule has 0 saturated carbocycles. The monoisotopic (exact) mass is 279 g/mol. The molecule has 1 nitrogen and oxygen atoms in total. The van der Waals surface area contributed by atoms with Crippen LogP contribution in [0.1, 0.15) is 34.5 Å². The number of nitrogens with one attached hydrogen (secondary N) is 1. The predicted molar refractivity (Wildman–Crippen MR) is 80.8 cm³/mol. The second kappa shape index (κ2) is 5.87. The van der Waals surface area contributed by atoms with E-state index in [1.54, 1.807) is 11.3 Å². The number of rotatable bonds is 4. The van der Waals surface area contributed by atoms with Crippen molar-refractivity contribution < 1.29 is 0 Å². The molecule has 1 aromatic carbocycles. The smallest absolute Gasteiger partial charge is 0.0673 e. The normalized spacial score (nSPS) is 12.7. The van der Waals surface area contributed by atoms with Crippen molar-refractivity contribution in [1.29, 1.82) is 0 Å². The van der Waals surface area contributed by atoms with E-state index in [0.717, 1.165) is 17.1 Å². The van der Waals surface area contributed by atoms with E-state index in [-0.39, 0.29) is 6.04 Å². The van der Waals surface area contributed by atoms with E-state index < -0.39 is 0 Å². The molecule has 0 bridgehead atoms. The number of halogens is 1. The molecule has 1 N–H and O–H groups in total. The molecule has 1 heterocycles. The highest BCUT2D eigenvalue weighted by Crippen LogP contribution is 2.31. The van der Waals surface area contributed by atoms with Crippen LogP contribution in [0, 0.1) is 13.8 Å². The number of aryl methyl sites for hydroxylation is 2. The van der Waals surface area contributed by atoms with Crippen molar-refractivity contribution in [3.63, 3.8) is 0 Å². The van der Waals surface area contributed by atoms with E-state index in [1.165, 1.54) is 16.0 Å². The molecule has 2 aromatic rings. The van der Waals surface area contributed by atoms with Crippen LogP contribution in [0.25, 0.3) is 0 Å². The highest BCUT2D eigenvalue weighted by Gasteiger charge is 2.17. The maximum absolute atomic E-state index is 6.17. The van der Waals surface area contributed by atoms with Crippen LogP contribution in [0.15, 0.2) is 29.6 Å². The van der Waals surface area contributed by atoms with Gasteiger partial charge in [0.15, 0.2) is 0 Å². The van der Waals surface area contributed by atoms with Crippen LogP contribution >= 0.6 is 22.9 Å². The lowest BCUT2D eigenvalue weighted by Crippen LogP contribution is -2.22. The highest BCUT2D eigenvalue weighted by molar-refractivity contribution is 7.10. The molecule has 2 rings (SSSR count). The van der Waals surface area contributed by atoms with Gasteiger partial charge in [-0.25, -0.2) is 0 Å². The molecule has 3 heteroatoms. The van der Waals surface area contributed by atoms with Gasteiger partial charge in [-0.15, -0.1) is 11.3 Å². The van der Waals surface area contributed by atoms with Gasteiger partial charge in [0, 0.05) is 9.90 Å². The topological polar surface area (TPSA) is 12.0 Å². The van der Waals surface area contributed by atoms with E-state index in [0.29, 0.717) is 0 Å². The summed E-state index contributed by atoms with van der Waals surface area (Å²) >= 11 is 7.96. The molecule has 0 spiro atoms. The Balaban J connectivity index is 2.46. The van der Waals surface area contributed by atoms with Crippen molar-refractivity contribution in [2.24, 2.45) is 0 Å². The fraction of sp³-hybridized carbons (Fsp3) is 0.333. The molecule has 18 heavy (non-hydrogen) atoms. The first kappa shape index (κ1) is 13.6. The van der Waals surface area contributed by atoms with Gasteiger partial charge < -0.3 is 5.32 Å². The van der Waals surface area contributed by atoms with Crippen molar-refractivity contribution >= 4 is 22.9 Å². The minimum absolute atomic E-state index is 0.269. The molecule has 1 aromatic heterocycles. The van der Waals surface area contributed by atoms with Crippen LogP contribution in [-0.4, -0.2) is 6.54 Å². The molecular weight excluding hydrogens is 262 g/mol. The summed E-state index contributed by atoms with van der Waals surface area (Å²) in [6, 6.07) is 8.81. The Hall–Kier alpha value is -0.830. The Labute approximate surface area is 118 Å². The average molecular weight is 280 g/mol. The molecule has 0 saturated heterocycles. The van der Waals surface area contributed by atoms with Gasteiger partial charge in [-0.2, -0.15) is 0 Å². The highest BCUT2D eigenvalue weighted by atomic mass is 35.5. The summed E-state index contributed by atoms with van der Waals surface area (Å²) in [5.74, 6) is 0. The molecule has 0 aliphatic rings. The number of thiophene rings is 1. The first-order valence-corrected chi connectivity index (χ1v) is 7.42. The molecule has 1 atom stereocenters. The molecular formula is C15H18ClNS. The van der Waals surface area contributed by atoms with Gasteiger partial charge in [-0.3, -0.25) is 0 Å². The van der Waals surface area contributed by atoms with Gasteiger partial charge in [-0.05, 0) is 54.6 Å². The van der Waals surface area contributed by atoms with Crippen LogP contribution in [0.3, 0.4) is 0 Å². The van der Waals surface area contributed by atoms with E-state index >= 15 is 0 Å². The van der Waals surface area contributed by atoms with Crippen LogP contribution in [-0.2, 0) is 0 Å². The van der Waals surface area contributed by atoms with Crippen LogP contribution in [0.5, 0.6) is 0 Å². The van der Waals surface area contributed by atoms with Crippen molar-refractivity contribution in [2.45, 2.75) is 26.8 Å². The minimum atomic E-state index is 0.269. The zero-order valence-electron chi connectivity index (χ0n) is 11.0. The SMILES string of the molecule is CCNC(c1cccs1)c1cc(C)c(Cl)cc1C. The summed E-state index contributed by atoms with van der Waals surface area (Å²) in [5.41, 5.74) is 3.70. The largest absolute Gasteiger partial charge is 0.306 e. The average Bonchev–Trinajstić information content (AvgIpc) is 2.85. The number of hydrogen-bond donors (Lipinski definition) is 1. The third-order valence-corrected chi connectivity index (χ3v) is 4.44. The van der Waals surface area contributed by atoms with E-state index in [9.17, 15) is 0 Å². The summed E-state index contributed by atoms with van der Waals surface area (Å²) in [6.07, 6.45) is 0. The van der Waals surface area contributed by atoms with Gasteiger partial charge in [0.2, 0.25) is 0 Å². The number of hydrogen-bond acceptors (Lipinski definition) is 2. The van der Waals surface area contributed by atoms with Gasteiger partial charge in [0.25, 0.3) is 0 Å². The zero-order valence-corrected chi connectivity index (χ0v) is 12.5. The molecule has 0 amide bonds. The van der Waals surface area contributed by atoms with E-state index in [1.807, 2.05) is 0 Å². The van der Waals surface area contributed by atoms with Gasteiger partial charge >= 0.3 is 0 Å². The summed E-state index contributed by atoms with van der Waals surface area (Å²) in [5, 5.41) is 6.52. The fourth-order valence-corrected chi connectivity index (χ4v) is 3.17. The Kier molecular flexibility index (Phi) is 4.44. The zero-order chi connectivity index (χ0) is 13.1. The molecule has 96 valence electrons. The second-order valence-electron chi connectivity index (χ2n) is 4.46. The summed E-state index contributed by atoms with van der Waals surface area (Å²) in [6.45, 7) is 7.27. The second-order valence-corrected chi connectivity index (χ2v) is 5.85. The first-order valence-electron chi connectivity index (χ1n) is 6.17. The predicted octanol–water partition coefficient (Wildman–Crippen LogP) is 4.72.